The van der Waals surface area contributed by atoms with Gasteiger partial charge in [-0.1, -0.05) is 30.3 Å². The monoisotopic (exact) mass is 471 g/mol. The van der Waals surface area contributed by atoms with Crippen molar-refractivity contribution < 1.29 is 19.1 Å². The highest BCUT2D eigenvalue weighted by Gasteiger charge is 2.25. The molecule has 2 aliphatic heterocycles. The number of aliphatic hydroxyl groups excluding tert-OH is 1. The molecule has 2 saturated heterocycles. The molecule has 0 radical (unpaired) electrons. The summed E-state index contributed by atoms with van der Waals surface area (Å²) in [5.74, 6) is 0.526. The number of rotatable bonds is 10. The van der Waals surface area contributed by atoms with Gasteiger partial charge >= 0.3 is 0 Å². The predicted molar refractivity (Wildman–Crippen MR) is 128 cm³/mol. The Balaban J connectivity index is 1.18. The molecule has 1 unspecified atom stereocenters. The second-order valence-electron chi connectivity index (χ2n) is 9.07. The summed E-state index contributed by atoms with van der Waals surface area (Å²) in [6.07, 6.45) is 1.04. The van der Waals surface area contributed by atoms with Gasteiger partial charge in [-0.2, -0.15) is 0 Å². The molecule has 1 N–H and O–H groups in total. The molecule has 1 aromatic carbocycles. The number of hydrogen-bond donors (Lipinski definition) is 1. The van der Waals surface area contributed by atoms with E-state index in [-0.39, 0.29) is 5.91 Å². The van der Waals surface area contributed by atoms with Crippen LogP contribution in [0.1, 0.15) is 28.9 Å². The second kappa shape index (κ2) is 12.4. The van der Waals surface area contributed by atoms with Gasteiger partial charge in [-0.25, -0.2) is 4.98 Å². The summed E-state index contributed by atoms with van der Waals surface area (Å²) in [5, 5.41) is 10.0. The van der Waals surface area contributed by atoms with E-state index in [2.05, 4.69) is 43.9 Å². The van der Waals surface area contributed by atoms with Crippen molar-refractivity contribution in [3.05, 3.63) is 53.7 Å². The zero-order valence-corrected chi connectivity index (χ0v) is 20.1. The van der Waals surface area contributed by atoms with Gasteiger partial charge in [0.25, 0.3) is 5.91 Å². The van der Waals surface area contributed by atoms with E-state index in [1.165, 1.54) is 11.8 Å². The fraction of sp³-hybridized carbons (Fsp3) is 0.600. The van der Waals surface area contributed by atoms with Crippen molar-refractivity contribution in [3.63, 3.8) is 0 Å². The molecular formula is C25H37N5O4. The first-order valence-corrected chi connectivity index (χ1v) is 12.3. The van der Waals surface area contributed by atoms with Crippen molar-refractivity contribution >= 4 is 5.91 Å². The van der Waals surface area contributed by atoms with Crippen LogP contribution in [-0.4, -0.2) is 114 Å². The Morgan fingerprint density at radius 2 is 1.65 bits per heavy atom. The number of ether oxygens (including phenoxy) is 1. The first kappa shape index (κ1) is 24.8. The molecular weight excluding hydrogens is 434 g/mol. The van der Waals surface area contributed by atoms with Crippen molar-refractivity contribution in [2.24, 2.45) is 0 Å². The van der Waals surface area contributed by atoms with E-state index in [1.807, 2.05) is 17.9 Å². The molecule has 34 heavy (non-hydrogen) atoms. The number of amides is 1. The largest absolute Gasteiger partial charge is 0.447 e. The fourth-order valence-corrected chi connectivity index (χ4v) is 4.52. The molecule has 1 aromatic heterocycles. The van der Waals surface area contributed by atoms with E-state index >= 15 is 0 Å². The topological polar surface area (TPSA) is 85.5 Å². The number of hydrogen-bond acceptors (Lipinski definition) is 8. The Morgan fingerprint density at radius 3 is 2.35 bits per heavy atom. The average molecular weight is 472 g/mol. The van der Waals surface area contributed by atoms with E-state index in [4.69, 9.17) is 9.15 Å². The maximum atomic E-state index is 12.9. The molecule has 2 fully saturated rings. The van der Waals surface area contributed by atoms with E-state index in [1.54, 1.807) is 0 Å². The lowest BCUT2D eigenvalue weighted by molar-refractivity contribution is 0.00948. The highest BCUT2D eigenvalue weighted by Crippen LogP contribution is 2.14. The van der Waals surface area contributed by atoms with Crippen molar-refractivity contribution in [2.75, 3.05) is 72.1 Å². The molecule has 9 nitrogen and oxygen atoms in total. The summed E-state index contributed by atoms with van der Waals surface area (Å²) >= 11 is 0. The summed E-state index contributed by atoms with van der Waals surface area (Å²) in [6, 6.07) is 10.4. The van der Waals surface area contributed by atoms with Crippen LogP contribution < -0.4 is 0 Å². The minimum atomic E-state index is -0.452. The molecule has 1 amide bonds. The number of nitrogens with zero attached hydrogens (tertiary/aromatic N) is 5. The van der Waals surface area contributed by atoms with E-state index in [0.717, 1.165) is 45.8 Å². The lowest BCUT2D eigenvalue weighted by atomic mass is 10.2. The first-order valence-electron chi connectivity index (χ1n) is 12.3. The van der Waals surface area contributed by atoms with Gasteiger partial charge in [-0.3, -0.25) is 19.5 Å². The summed E-state index contributed by atoms with van der Waals surface area (Å²) in [7, 11) is 0. The molecule has 0 aliphatic carbocycles. The van der Waals surface area contributed by atoms with Crippen molar-refractivity contribution in [1.82, 2.24) is 24.6 Å². The van der Waals surface area contributed by atoms with Gasteiger partial charge in [0.1, 0.15) is 6.26 Å². The third kappa shape index (κ3) is 7.10. The van der Waals surface area contributed by atoms with Crippen molar-refractivity contribution in [3.8, 4) is 0 Å². The van der Waals surface area contributed by atoms with Gasteiger partial charge in [0.2, 0.25) is 5.89 Å². The SMILES string of the molecule is CCOCC(O)CN1CCN(Cc2nc(C(=O)N3CCN(Cc4ccccc4)CC3)co2)CC1. The van der Waals surface area contributed by atoms with Gasteiger partial charge in [-0.15, -0.1) is 0 Å². The summed E-state index contributed by atoms with van der Waals surface area (Å²) in [5.41, 5.74) is 1.69. The highest BCUT2D eigenvalue weighted by molar-refractivity contribution is 5.92. The molecule has 2 aliphatic rings. The van der Waals surface area contributed by atoms with Crippen LogP contribution in [-0.2, 0) is 17.8 Å². The van der Waals surface area contributed by atoms with Crippen molar-refractivity contribution in [1.29, 1.82) is 0 Å². The van der Waals surface area contributed by atoms with Gasteiger partial charge in [-0.05, 0) is 12.5 Å². The molecule has 1 atom stereocenters. The lowest BCUT2D eigenvalue weighted by Crippen LogP contribution is -2.48. The molecule has 0 bridgehead atoms. The molecule has 4 rings (SSSR count). The second-order valence-corrected chi connectivity index (χ2v) is 9.07. The maximum Gasteiger partial charge on any atom is 0.275 e. The van der Waals surface area contributed by atoms with Crippen LogP contribution in [0.3, 0.4) is 0 Å². The van der Waals surface area contributed by atoms with Crippen LogP contribution in [0.5, 0.6) is 0 Å². The fourth-order valence-electron chi connectivity index (χ4n) is 4.52. The van der Waals surface area contributed by atoms with E-state index in [9.17, 15) is 9.90 Å². The van der Waals surface area contributed by atoms with Gasteiger partial charge in [0.05, 0.1) is 19.3 Å². The standard InChI is InChI=1S/C25H37N5O4/c1-2-33-19-22(31)17-28-8-10-29(11-9-28)18-24-26-23(20-34-24)25(32)30-14-12-27(13-15-30)16-21-6-4-3-5-7-21/h3-7,20,22,31H,2,8-19H2,1H3. The number of aromatic nitrogens is 1. The smallest absolute Gasteiger partial charge is 0.275 e. The summed E-state index contributed by atoms with van der Waals surface area (Å²) < 4.78 is 10.9. The Hall–Kier alpha value is -2.30. The van der Waals surface area contributed by atoms with Gasteiger partial charge in [0.15, 0.2) is 5.69 Å². The van der Waals surface area contributed by atoms with Gasteiger partial charge in [0, 0.05) is 72.1 Å². The highest BCUT2D eigenvalue weighted by atomic mass is 16.5. The number of carbonyl (C=O) groups excluding carboxylic acids is 1. The zero-order chi connectivity index (χ0) is 23.8. The minimum Gasteiger partial charge on any atom is -0.447 e. The first-order chi connectivity index (χ1) is 16.6. The van der Waals surface area contributed by atoms with Crippen LogP contribution in [0.25, 0.3) is 0 Å². The van der Waals surface area contributed by atoms with E-state index < -0.39 is 6.10 Å². The molecule has 9 heteroatoms. The zero-order valence-electron chi connectivity index (χ0n) is 20.1. The predicted octanol–water partition coefficient (Wildman–Crippen LogP) is 1.15. The lowest BCUT2D eigenvalue weighted by Gasteiger charge is -2.35. The molecule has 0 spiro atoms. The average Bonchev–Trinajstić information content (AvgIpc) is 3.33. The Bertz CT molecular complexity index is 876. The number of benzene rings is 1. The van der Waals surface area contributed by atoms with Crippen LogP contribution in [0.15, 0.2) is 41.0 Å². The van der Waals surface area contributed by atoms with Crippen LogP contribution in [0.2, 0.25) is 0 Å². The number of piperazine rings is 2. The van der Waals surface area contributed by atoms with E-state index in [0.29, 0.717) is 51.0 Å². The quantitative estimate of drug-likeness (QED) is 0.552. The minimum absolute atomic E-state index is 0.0533. The number of β-amino-alcohol motifs (C(OH)–C–C–N with tert-alkyl or cyclic N) is 1. The number of carbonyl (C=O) groups is 1. The molecule has 0 saturated carbocycles. The summed E-state index contributed by atoms with van der Waals surface area (Å²) in [6.45, 7) is 11.7. The normalized spacial score (nSPS) is 19.4. The van der Waals surface area contributed by atoms with Crippen LogP contribution >= 0.6 is 0 Å². The number of oxazole rings is 1. The Morgan fingerprint density at radius 1 is 1.00 bits per heavy atom. The Kier molecular flexibility index (Phi) is 9.06. The van der Waals surface area contributed by atoms with Crippen LogP contribution in [0, 0.1) is 0 Å². The third-order valence-electron chi connectivity index (χ3n) is 6.49. The maximum absolute atomic E-state index is 12.9. The molecule has 186 valence electrons. The van der Waals surface area contributed by atoms with Crippen molar-refractivity contribution in [2.45, 2.75) is 26.1 Å². The number of aliphatic hydroxyl groups is 1. The van der Waals surface area contributed by atoms with Crippen LogP contribution in [0.4, 0.5) is 0 Å². The molecule has 2 aromatic rings. The summed E-state index contributed by atoms with van der Waals surface area (Å²) in [4.78, 5) is 26.2. The Labute approximate surface area is 201 Å². The van der Waals surface area contributed by atoms with Gasteiger partial charge < -0.3 is 19.2 Å². The third-order valence-corrected chi connectivity index (χ3v) is 6.49. The molecule has 3 heterocycles.